The molecule has 1 aliphatic carbocycles. The quantitative estimate of drug-likeness (QED) is 0.332. The van der Waals surface area contributed by atoms with Crippen LogP contribution in [0, 0.1) is 17.1 Å². The fourth-order valence-corrected chi connectivity index (χ4v) is 5.07. The number of rotatable bonds is 4. The predicted molar refractivity (Wildman–Crippen MR) is 131 cm³/mol. The summed E-state index contributed by atoms with van der Waals surface area (Å²) in [6, 6.07) is 7.28. The molecule has 2 aliphatic rings. The first-order valence-electron chi connectivity index (χ1n) is 12.5. The number of benzene rings is 1. The highest BCUT2D eigenvalue weighted by Gasteiger charge is 2.37. The molecule has 39 heavy (non-hydrogen) atoms. The number of pyridine rings is 1. The molecule has 1 saturated carbocycles. The van der Waals surface area contributed by atoms with E-state index in [1.807, 2.05) is 16.9 Å². The van der Waals surface area contributed by atoms with Crippen molar-refractivity contribution in [2.24, 2.45) is 7.05 Å². The van der Waals surface area contributed by atoms with E-state index in [9.17, 15) is 18.0 Å². The van der Waals surface area contributed by atoms with Gasteiger partial charge in [0.15, 0.2) is 0 Å². The van der Waals surface area contributed by atoms with Crippen molar-refractivity contribution in [2.75, 3.05) is 6.61 Å². The summed E-state index contributed by atoms with van der Waals surface area (Å²) in [5, 5.41) is 13.5. The number of ether oxygens (including phenoxy) is 1. The van der Waals surface area contributed by atoms with Gasteiger partial charge in [-0.3, -0.25) is 19.0 Å². The molecular formula is C27H22F4N6O2. The summed E-state index contributed by atoms with van der Waals surface area (Å²) in [7, 11) is 1.00. The van der Waals surface area contributed by atoms with Crippen LogP contribution in [-0.4, -0.2) is 30.9 Å². The van der Waals surface area contributed by atoms with E-state index in [0.29, 0.717) is 35.8 Å². The molecule has 2 atom stereocenters. The minimum absolute atomic E-state index is 0.0376. The number of fused-ring (bicyclic) bond motifs is 1. The number of halogens is 4. The lowest BCUT2D eigenvalue weighted by Gasteiger charge is -2.29. The van der Waals surface area contributed by atoms with Gasteiger partial charge < -0.3 is 4.74 Å². The molecule has 1 aliphatic heterocycles. The SMILES string of the molecule is Cn1c(C(F)(F)F)nc2c(-c3ccc(C#N)cc3F)nc(C3CCOC(c4cnn(C5CC5)c4)C3)cc2c1=O. The van der Waals surface area contributed by atoms with E-state index in [1.54, 1.807) is 6.20 Å². The maximum absolute atomic E-state index is 15.1. The lowest BCUT2D eigenvalue weighted by Crippen LogP contribution is -2.28. The molecule has 2 fully saturated rings. The lowest BCUT2D eigenvalue weighted by molar-refractivity contribution is -0.147. The van der Waals surface area contributed by atoms with Gasteiger partial charge in [0.25, 0.3) is 5.56 Å². The van der Waals surface area contributed by atoms with Gasteiger partial charge in [-0.1, -0.05) is 0 Å². The normalized spacial score (nSPS) is 19.8. The van der Waals surface area contributed by atoms with Crippen molar-refractivity contribution < 1.29 is 22.3 Å². The fraction of sp³-hybridized carbons (Fsp3) is 0.370. The van der Waals surface area contributed by atoms with Crippen LogP contribution in [0.5, 0.6) is 0 Å². The molecule has 8 nitrogen and oxygen atoms in total. The second kappa shape index (κ2) is 9.27. The van der Waals surface area contributed by atoms with Crippen LogP contribution in [0.4, 0.5) is 17.6 Å². The average Bonchev–Trinajstić information content (AvgIpc) is 3.65. The van der Waals surface area contributed by atoms with Crippen LogP contribution in [0.2, 0.25) is 0 Å². The van der Waals surface area contributed by atoms with Crippen molar-refractivity contribution in [2.45, 2.75) is 49.9 Å². The van der Waals surface area contributed by atoms with E-state index < -0.39 is 23.4 Å². The Morgan fingerprint density at radius 1 is 1.15 bits per heavy atom. The van der Waals surface area contributed by atoms with E-state index in [1.165, 1.54) is 18.2 Å². The van der Waals surface area contributed by atoms with Crippen LogP contribution in [0.25, 0.3) is 22.2 Å². The van der Waals surface area contributed by atoms with Crippen molar-refractivity contribution in [3.8, 4) is 17.3 Å². The maximum atomic E-state index is 15.1. The Balaban J connectivity index is 1.49. The van der Waals surface area contributed by atoms with E-state index >= 15 is 4.39 Å². The zero-order valence-corrected chi connectivity index (χ0v) is 20.7. The molecule has 4 aromatic rings. The van der Waals surface area contributed by atoms with Crippen LogP contribution >= 0.6 is 0 Å². The minimum Gasteiger partial charge on any atom is -0.373 e. The first-order chi connectivity index (χ1) is 18.6. The van der Waals surface area contributed by atoms with Crippen LogP contribution in [0.1, 0.15) is 66.4 Å². The highest BCUT2D eigenvalue weighted by Crippen LogP contribution is 2.41. The topological polar surface area (TPSA) is 98.6 Å². The standard InChI is InChI=1S/C27H22F4N6O2/c1-36-25(38)19-10-21(15-6-7-39-22(9-15)16-12-33-37(13-16)17-3-4-17)34-23(24(19)35-26(36)27(29,30)31)18-5-2-14(11-32)8-20(18)28/h2,5,8,10,12-13,15,17,22H,3-4,6-7,9H2,1H3. The number of alkyl halides is 3. The zero-order chi connectivity index (χ0) is 27.5. The van der Waals surface area contributed by atoms with Crippen LogP contribution < -0.4 is 5.56 Å². The number of nitriles is 1. The third-order valence-corrected chi connectivity index (χ3v) is 7.31. The largest absolute Gasteiger partial charge is 0.449 e. The second-order valence-corrected chi connectivity index (χ2v) is 9.96. The molecule has 12 heteroatoms. The summed E-state index contributed by atoms with van der Waals surface area (Å²) in [5.74, 6) is -2.48. The van der Waals surface area contributed by atoms with Crippen LogP contribution in [-0.2, 0) is 18.0 Å². The molecule has 0 amide bonds. The van der Waals surface area contributed by atoms with Crippen molar-refractivity contribution in [1.82, 2.24) is 24.3 Å². The number of hydrogen-bond acceptors (Lipinski definition) is 6. The monoisotopic (exact) mass is 538 g/mol. The summed E-state index contributed by atoms with van der Waals surface area (Å²) in [5.41, 5.74) is -0.217. The molecule has 0 radical (unpaired) electrons. The van der Waals surface area contributed by atoms with Gasteiger partial charge in [-0.15, -0.1) is 0 Å². The first-order valence-corrected chi connectivity index (χ1v) is 12.5. The fourth-order valence-electron chi connectivity index (χ4n) is 5.07. The third-order valence-electron chi connectivity index (χ3n) is 7.31. The summed E-state index contributed by atoms with van der Waals surface area (Å²) in [6.45, 7) is 0.396. The molecular weight excluding hydrogens is 516 g/mol. The molecule has 1 saturated heterocycles. The smallest absolute Gasteiger partial charge is 0.373 e. The summed E-state index contributed by atoms with van der Waals surface area (Å²) in [6.07, 6.45) is 1.77. The Morgan fingerprint density at radius 2 is 1.95 bits per heavy atom. The summed E-state index contributed by atoms with van der Waals surface area (Å²) < 4.78 is 64.7. The Kier molecular flexibility index (Phi) is 5.99. The molecule has 0 N–H and O–H groups in total. The van der Waals surface area contributed by atoms with E-state index in [2.05, 4.69) is 15.1 Å². The van der Waals surface area contributed by atoms with E-state index in [4.69, 9.17) is 10.00 Å². The van der Waals surface area contributed by atoms with Gasteiger partial charge in [-0.2, -0.15) is 23.5 Å². The van der Waals surface area contributed by atoms with Gasteiger partial charge in [-0.25, -0.2) is 9.37 Å². The lowest BCUT2D eigenvalue weighted by atomic mass is 9.89. The van der Waals surface area contributed by atoms with Crippen LogP contribution in [0.15, 0.2) is 41.5 Å². The average molecular weight is 539 g/mol. The molecule has 4 heterocycles. The zero-order valence-electron chi connectivity index (χ0n) is 20.7. The van der Waals surface area contributed by atoms with Gasteiger partial charge >= 0.3 is 6.18 Å². The molecule has 1 aromatic carbocycles. The Bertz CT molecular complexity index is 1700. The van der Waals surface area contributed by atoms with Gasteiger partial charge in [0.2, 0.25) is 5.82 Å². The molecule has 2 unspecified atom stereocenters. The van der Waals surface area contributed by atoms with E-state index in [-0.39, 0.29) is 39.7 Å². The predicted octanol–water partition coefficient (Wildman–Crippen LogP) is 5.19. The molecule has 0 bridgehead atoms. The Morgan fingerprint density at radius 3 is 2.64 bits per heavy atom. The van der Waals surface area contributed by atoms with Crippen molar-refractivity contribution in [3.63, 3.8) is 0 Å². The molecule has 200 valence electrons. The summed E-state index contributed by atoms with van der Waals surface area (Å²) in [4.78, 5) is 21.5. The third kappa shape index (κ3) is 4.57. The number of nitrogens with zero attached hydrogens (tertiary/aromatic N) is 6. The van der Waals surface area contributed by atoms with Gasteiger partial charge in [0, 0.05) is 42.6 Å². The highest BCUT2D eigenvalue weighted by atomic mass is 19.4. The first kappa shape index (κ1) is 25.2. The maximum Gasteiger partial charge on any atom is 0.449 e. The van der Waals surface area contributed by atoms with Crippen molar-refractivity contribution in [1.29, 1.82) is 5.26 Å². The molecule has 3 aromatic heterocycles. The molecule has 0 spiro atoms. The minimum atomic E-state index is -4.92. The van der Waals surface area contributed by atoms with Gasteiger partial charge in [0.1, 0.15) is 11.3 Å². The van der Waals surface area contributed by atoms with E-state index in [0.717, 1.165) is 31.5 Å². The number of hydrogen-bond donors (Lipinski definition) is 0. The Hall–Kier alpha value is -4.11. The van der Waals surface area contributed by atoms with Gasteiger partial charge in [-0.05, 0) is 49.9 Å². The van der Waals surface area contributed by atoms with Crippen molar-refractivity contribution in [3.05, 3.63) is 75.5 Å². The summed E-state index contributed by atoms with van der Waals surface area (Å²) >= 11 is 0. The highest BCUT2D eigenvalue weighted by molar-refractivity contribution is 5.91. The number of aromatic nitrogens is 5. The van der Waals surface area contributed by atoms with Crippen molar-refractivity contribution >= 4 is 10.9 Å². The molecule has 6 rings (SSSR count). The van der Waals surface area contributed by atoms with Crippen LogP contribution in [0.3, 0.4) is 0 Å². The Labute approximate surface area is 219 Å². The van der Waals surface area contributed by atoms with Gasteiger partial charge in [0.05, 0.1) is 41.1 Å². The second-order valence-electron chi connectivity index (χ2n) is 9.96.